The van der Waals surface area contributed by atoms with Gasteiger partial charge in [-0.3, -0.25) is 0 Å². The summed E-state index contributed by atoms with van der Waals surface area (Å²) < 4.78 is 0. The topological polar surface area (TPSA) is 12.0 Å². The van der Waals surface area contributed by atoms with E-state index in [9.17, 15) is 0 Å². The molecule has 2 aliphatic rings. The Balaban J connectivity index is 2.24. The molecular weight excluding hydrogens is 146 g/mol. The maximum atomic E-state index is 3.49. The van der Waals surface area contributed by atoms with Gasteiger partial charge in [0.15, 0.2) is 0 Å². The average molecular weight is 163 g/mol. The number of piperidine rings is 1. The summed E-state index contributed by atoms with van der Waals surface area (Å²) in [4.78, 5) is 0. The molecule has 1 heterocycles. The van der Waals surface area contributed by atoms with E-state index in [4.69, 9.17) is 0 Å². The molecule has 0 amide bonds. The first-order valence-electron chi connectivity index (χ1n) is 4.91. The zero-order chi connectivity index (χ0) is 8.55. The fraction of sp³-hybridized carbons (Fsp3) is 0.636. The number of fused-ring (bicyclic) bond motifs is 1. The minimum absolute atomic E-state index is 0.748. The van der Waals surface area contributed by atoms with Crippen LogP contribution in [0.25, 0.3) is 0 Å². The van der Waals surface area contributed by atoms with Crippen molar-refractivity contribution < 1.29 is 0 Å². The summed E-state index contributed by atoms with van der Waals surface area (Å²) in [5, 5.41) is 3.49. The molecule has 1 heteroatoms. The van der Waals surface area contributed by atoms with Gasteiger partial charge in [-0.2, -0.15) is 0 Å². The first-order valence-corrected chi connectivity index (χ1v) is 4.91. The van der Waals surface area contributed by atoms with Gasteiger partial charge in [-0.1, -0.05) is 18.6 Å². The summed E-state index contributed by atoms with van der Waals surface area (Å²) in [6.45, 7) is 5.75. The van der Waals surface area contributed by atoms with Crippen LogP contribution in [-0.2, 0) is 0 Å². The molecule has 2 atom stereocenters. The molecule has 0 saturated carbocycles. The third-order valence-corrected chi connectivity index (χ3v) is 3.27. The predicted octanol–water partition coefficient (Wildman–Crippen LogP) is 2.47. The van der Waals surface area contributed by atoms with Crippen LogP contribution in [0.1, 0.15) is 26.7 Å². The third-order valence-electron chi connectivity index (χ3n) is 3.27. The summed E-state index contributed by atoms with van der Waals surface area (Å²) in [7, 11) is 0. The van der Waals surface area contributed by atoms with E-state index >= 15 is 0 Å². The highest BCUT2D eigenvalue weighted by Crippen LogP contribution is 2.34. The molecule has 0 aromatic rings. The van der Waals surface area contributed by atoms with Crippen LogP contribution in [0.15, 0.2) is 23.4 Å². The van der Waals surface area contributed by atoms with E-state index in [-0.39, 0.29) is 0 Å². The zero-order valence-corrected chi connectivity index (χ0v) is 7.93. The summed E-state index contributed by atoms with van der Waals surface area (Å²) in [5.41, 5.74) is 3.01. The van der Waals surface area contributed by atoms with E-state index in [1.54, 1.807) is 0 Å². The van der Waals surface area contributed by atoms with Crippen LogP contribution >= 0.6 is 0 Å². The molecule has 12 heavy (non-hydrogen) atoms. The van der Waals surface area contributed by atoms with Crippen molar-refractivity contribution in [1.29, 1.82) is 0 Å². The summed E-state index contributed by atoms with van der Waals surface area (Å²) in [6, 6.07) is 0. The van der Waals surface area contributed by atoms with E-state index in [2.05, 4.69) is 31.3 Å². The van der Waals surface area contributed by atoms with Crippen molar-refractivity contribution in [3.05, 3.63) is 23.4 Å². The Morgan fingerprint density at radius 1 is 1.42 bits per heavy atom. The highest BCUT2D eigenvalue weighted by atomic mass is 14.9. The van der Waals surface area contributed by atoms with Crippen molar-refractivity contribution in [2.45, 2.75) is 26.7 Å². The molecule has 1 aliphatic carbocycles. The zero-order valence-electron chi connectivity index (χ0n) is 7.93. The summed E-state index contributed by atoms with van der Waals surface area (Å²) in [5.74, 6) is 1.53. The van der Waals surface area contributed by atoms with Gasteiger partial charge in [0.05, 0.1) is 0 Å². The fourth-order valence-corrected chi connectivity index (χ4v) is 2.23. The summed E-state index contributed by atoms with van der Waals surface area (Å²) in [6.07, 6.45) is 7.22. The first kappa shape index (κ1) is 7.90. The highest BCUT2D eigenvalue weighted by molar-refractivity contribution is 5.27. The van der Waals surface area contributed by atoms with Gasteiger partial charge in [-0.15, -0.1) is 0 Å². The molecule has 0 aromatic heterocycles. The van der Waals surface area contributed by atoms with Crippen molar-refractivity contribution in [3.8, 4) is 0 Å². The quantitative estimate of drug-likeness (QED) is 0.578. The second-order valence-corrected chi connectivity index (χ2v) is 4.00. The largest absolute Gasteiger partial charge is 0.388 e. The third kappa shape index (κ3) is 1.17. The van der Waals surface area contributed by atoms with E-state index in [0.717, 1.165) is 11.8 Å². The smallest absolute Gasteiger partial charge is 0.0144 e. The molecule has 2 unspecified atom stereocenters. The SMILES string of the molecule is CC1=CC=C2NCCCC2C1C. The number of hydrogen-bond donors (Lipinski definition) is 1. The number of nitrogens with one attached hydrogen (secondary N) is 1. The van der Waals surface area contributed by atoms with Crippen molar-refractivity contribution in [3.63, 3.8) is 0 Å². The Kier molecular flexibility index (Phi) is 1.95. The second kappa shape index (κ2) is 2.96. The van der Waals surface area contributed by atoms with Crippen LogP contribution in [0, 0.1) is 11.8 Å². The van der Waals surface area contributed by atoms with Crippen molar-refractivity contribution >= 4 is 0 Å². The van der Waals surface area contributed by atoms with Gasteiger partial charge >= 0.3 is 0 Å². The van der Waals surface area contributed by atoms with E-state index in [0.29, 0.717) is 0 Å². The number of rotatable bonds is 0. The van der Waals surface area contributed by atoms with Gasteiger partial charge in [-0.05, 0) is 31.8 Å². The standard InChI is InChI=1S/C11H17N/c1-8-5-6-11-10(9(8)2)4-3-7-12-11/h5-6,9-10,12H,3-4,7H2,1-2H3. The van der Waals surface area contributed by atoms with Crippen LogP contribution in [-0.4, -0.2) is 6.54 Å². The van der Waals surface area contributed by atoms with E-state index in [1.165, 1.54) is 30.7 Å². The van der Waals surface area contributed by atoms with Gasteiger partial charge in [0.25, 0.3) is 0 Å². The molecular formula is C11H17N. The molecule has 2 rings (SSSR count). The lowest BCUT2D eigenvalue weighted by Crippen LogP contribution is -2.33. The first-order chi connectivity index (χ1) is 5.79. The van der Waals surface area contributed by atoms with E-state index < -0.39 is 0 Å². The Bertz CT molecular complexity index is 237. The fourth-order valence-electron chi connectivity index (χ4n) is 2.23. The van der Waals surface area contributed by atoms with Crippen LogP contribution in [0.4, 0.5) is 0 Å². The summed E-state index contributed by atoms with van der Waals surface area (Å²) >= 11 is 0. The second-order valence-electron chi connectivity index (χ2n) is 4.00. The molecule has 1 aliphatic heterocycles. The highest BCUT2D eigenvalue weighted by Gasteiger charge is 2.26. The molecule has 0 radical (unpaired) electrons. The minimum atomic E-state index is 0.748. The van der Waals surface area contributed by atoms with Crippen LogP contribution in [0.5, 0.6) is 0 Å². The minimum Gasteiger partial charge on any atom is -0.388 e. The Labute approximate surface area is 74.5 Å². The van der Waals surface area contributed by atoms with Gasteiger partial charge in [0.1, 0.15) is 0 Å². The predicted molar refractivity (Wildman–Crippen MR) is 51.7 cm³/mol. The Morgan fingerprint density at radius 2 is 2.25 bits per heavy atom. The molecule has 0 spiro atoms. The molecule has 66 valence electrons. The molecule has 1 N–H and O–H groups in total. The molecule has 1 saturated heterocycles. The van der Waals surface area contributed by atoms with Gasteiger partial charge in [-0.25, -0.2) is 0 Å². The van der Waals surface area contributed by atoms with Crippen molar-refractivity contribution in [2.75, 3.05) is 6.54 Å². The van der Waals surface area contributed by atoms with Crippen LogP contribution in [0.2, 0.25) is 0 Å². The van der Waals surface area contributed by atoms with Crippen LogP contribution < -0.4 is 5.32 Å². The van der Waals surface area contributed by atoms with Gasteiger partial charge in [0.2, 0.25) is 0 Å². The van der Waals surface area contributed by atoms with Crippen molar-refractivity contribution in [1.82, 2.24) is 5.32 Å². The lowest BCUT2D eigenvalue weighted by Gasteiger charge is -2.34. The lowest BCUT2D eigenvalue weighted by molar-refractivity contribution is 0.358. The van der Waals surface area contributed by atoms with Gasteiger partial charge in [0, 0.05) is 18.2 Å². The van der Waals surface area contributed by atoms with Gasteiger partial charge < -0.3 is 5.32 Å². The lowest BCUT2D eigenvalue weighted by atomic mass is 9.78. The van der Waals surface area contributed by atoms with Crippen LogP contribution in [0.3, 0.4) is 0 Å². The molecule has 1 fully saturated rings. The average Bonchev–Trinajstić information content (AvgIpc) is 2.12. The Hall–Kier alpha value is -0.720. The molecule has 0 bridgehead atoms. The number of hydrogen-bond acceptors (Lipinski definition) is 1. The maximum absolute atomic E-state index is 3.49. The van der Waals surface area contributed by atoms with E-state index in [1.807, 2.05) is 0 Å². The molecule has 1 nitrogen and oxygen atoms in total. The maximum Gasteiger partial charge on any atom is 0.0144 e. The van der Waals surface area contributed by atoms with Crippen molar-refractivity contribution in [2.24, 2.45) is 11.8 Å². The Morgan fingerprint density at radius 3 is 3.08 bits per heavy atom. The normalized spacial score (nSPS) is 34.5. The monoisotopic (exact) mass is 163 g/mol. The number of allylic oxidation sites excluding steroid dienone is 4. The molecule has 0 aromatic carbocycles.